The van der Waals surface area contributed by atoms with Gasteiger partial charge < -0.3 is 20.1 Å². The number of halogens is 3. The van der Waals surface area contributed by atoms with Gasteiger partial charge in [-0.05, 0) is 37.5 Å². The van der Waals surface area contributed by atoms with E-state index in [0.717, 1.165) is 0 Å². The number of amides is 2. The molecule has 1 heterocycles. The van der Waals surface area contributed by atoms with E-state index in [0.29, 0.717) is 31.8 Å². The van der Waals surface area contributed by atoms with Gasteiger partial charge in [0.2, 0.25) is 0 Å². The van der Waals surface area contributed by atoms with Gasteiger partial charge in [0.1, 0.15) is 5.75 Å². The minimum Gasteiger partial charge on any atom is -0.497 e. The molecule has 1 aromatic rings. The summed E-state index contributed by atoms with van der Waals surface area (Å²) in [6, 6.07) is 2.48. The van der Waals surface area contributed by atoms with Gasteiger partial charge in [-0.15, -0.1) is 0 Å². The molecule has 2 amide bonds. The highest BCUT2D eigenvalue weighted by Gasteiger charge is 2.42. The van der Waals surface area contributed by atoms with Crippen molar-refractivity contribution in [3.05, 3.63) is 29.8 Å². The van der Waals surface area contributed by atoms with Crippen LogP contribution in [0.25, 0.3) is 0 Å². The molecule has 1 saturated heterocycles. The van der Waals surface area contributed by atoms with Gasteiger partial charge in [-0.2, -0.15) is 13.2 Å². The van der Waals surface area contributed by atoms with E-state index >= 15 is 0 Å². The maximum absolute atomic E-state index is 13.3. The summed E-state index contributed by atoms with van der Waals surface area (Å²) in [5.41, 5.74) is -0.631. The fourth-order valence-corrected chi connectivity index (χ4v) is 2.54. The summed E-state index contributed by atoms with van der Waals surface area (Å²) < 4.78 is 50.1. The van der Waals surface area contributed by atoms with Crippen molar-refractivity contribution >= 4 is 6.03 Å². The maximum atomic E-state index is 13.3. The fraction of sp³-hybridized carbons (Fsp3) is 0.562. The quantitative estimate of drug-likeness (QED) is 0.880. The molecule has 1 aliphatic rings. The highest BCUT2D eigenvalue weighted by molar-refractivity contribution is 5.75. The van der Waals surface area contributed by atoms with Crippen LogP contribution in [0.5, 0.6) is 5.75 Å². The lowest BCUT2D eigenvalue weighted by atomic mass is 9.93. The predicted molar refractivity (Wildman–Crippen MR) is 81.9 cm³/mol. The summed E-state index contributed by atoms with van der Waals surface area (Å²) in [4.78, 5) is 12.1. The molecule has 2 rings (SSSR count). The van der Waals surface area contributed by atoms with Crippen molar-refractivity contribution in [3.63, 3.8) is 0 Å². The second-order valence-corrected chi connectivity index (χ2v) is 6.02. The molecule has 5 nitrogen and oxygen atoms in total. The largest absolute Gasteiger partial charge is 0.497 e. The van der Waals surface area contributed by atoms with Gasteiger partial charge in [-0.25, -0.2) is 4.79 Å². The molecule has 0 unspecified atom stereocenters. The Morgan fingerprint density at radius 2 is 1.83 bits per heavy atom. The Labute approximate surface area is 138 Å². The Morgan fingerprint density at radius 3 is 2.33 bits per heavy atom. The van der Waals surface area contributed by atoms with Gasteiger partial charge in [0, 0.05) is 18.8 Å². The molecule has 24 heavy (non-hydrogen) atoms. The number of carbonyl (C=O) groups excluding carboxylic acids is 1. The van der Waals surface area contributed by atoms with Gasteiger partial charge in [-0.3, -0.25) is 0 Å². The first-order chi connectivity index (χ1) is 11.2. The second kappa shape index (κ2) is 7.29. The summed E-state index contributed by atoms with van der Waals surface area (Å²) in [7, 11) is 1.43. The summed E-state index contributed by atoms with van der Waals surface area (Å²) >= 11 is 0. The topological polar surface area (TPSA) is 59.6 Å². The Hall–Kier alpha value is -1.96. The number of benzene rings is 1. The number of alkyl halides is 3. The number of urea groups is 1. The van der Waals surface area contributed by atoms with Gasteiger partial charge >= 0.3 is 12.2 Å². The average molecular weight is 346 g/mol. The number of ether oxygens (including phenoxy) is 2. The molecule has 0 aliphatic carbocycles. The smallest absolute Gasteiger partial charge is 0.412 e. The molecule has 0 aromatic heterocycles. The number of nitrogens with one attached hydrogen (secondary N) is 2. The number of rotatable bonds is 4. The molecular formula is C16H21F3N2O3. The van der Waals surface area contributed by atoms with E-state index in [2.05, 4.69) is 5.32 Å². The van der Waals surface area contributed by atoms with E-state index in [4.69, 9.17) is 9.47 Å². The van der Waals surface area contributed by atoms with Crippen molar-refractivity contribution in [2.75, 3.05) is 20.3 Å². The van der Waals surface area contributed by atoms with Crippen LogP contribution < -0.4 is 15.4 Å². The van der Waals surface area contributed by atoms with Gasteiger partial charge in [0.25, 0.3) is 0 Å². The van der Waals surface area contributed by atoms with Crippen molar-refractivity contribution < 1.29 is 27.4 Å². The van der Waals surface area contributed by atoms with E-state index in [1.54, 1.807) is 6.92 Å². The molecule has 1 fully saturated rings. The number of carbonyl (C=O) groups is 1. The third-order valence-electron chi connectivity index (χ3n) is 4.06. The number of hydrogen-bond acceptors (Lipinski definition) is 3. The zero-order valence-electron chi connectivity index (χ0n) is 13.6. The van der Waals surface area contributed by atoms with Crippen LogP contribution in [0.1, 0.15) is 31.4 Å². The van der Waals surface area contributed by atoms with E-state index in [1.807, 2.05) is 5.32 Å². The average Bonchev–Trinajstić information content (AvgIpc) is 2.52. The van der Waals surface area contributed by atoms with Gasteiger partial charge in [0.15, 0.2) is 6.04 Å². The van der Waals surface area contributed by atoms with Gasteiger partial charge in [0.05, 0.1) is 7.11 Å². The molecule has 0 radical (unpaired) electrons. The van der Waals surface area contributed by atoms with Crippen molar-refractivity contribution in [1.82, 2.24) is 10.6 Å². The van der Waals surface area contributed by atoms with E-state index in [9.17, 15) is 18.0 Å². The molecule has 0 spiro atoms. The van der Waals surface area contributed by atoms with Crippen molar-refractivity contribution in [2.24, 2.45) is 0 Å². The zero-order chi connectivity index (χ0) is 17.8. The number of methoxy groups -OCH3 is 1. The first kappa shape index (κ1) is 18.4. The molecule has 134 valence electrons. The van der Waals surface area contributed by atoms with E-state index < -0.39 is 23.8 Å². The van der Waals surface area contributed by atoms with Crippen LogP contribution in [0.2, 0.25) is 0 Å². The van der Waals surface area contributed by atoms with E-state index in [1.165, 1.54) is 31.4 Å². The highest BCUT2D eigenvalue weighted by Crippen LogP contribution is 2.33. The Balaban J connectivity index is 2.09. The van der Waals surface area contributed by atoms with Crippen molar-refractivity contribution in [1.29, 1.82) is 0 Å². The third kappa shape index (κ3) is 4.77. The fourth-order valence-electron chi connectivity index (χ4n) is 2.54. The first-order valence-corrected chi connectivity index (χ1v) is 7.61. The molecular weight excluding hydrogens is 325 g/mol. The van der Waals surface area contributed by atoms with E-state index in [-0.39, 0.29) is 5.56 Å². The zero-order valence-corrected chi connectivity index (χ0v) is 13.6. The summed E-state index contributed by atoms with van der Waals surface area (Å²) in [5, 5.41) is 4.66. The lowest BCUT2D eigenvalue weighted by Gasteiger charge is -2.35. The van der Waals surface area contributed by atoms with Crippen LogP contribution >= 0.6 is 0 Å². The van der Waals surface area contributed by atoms with Crippen LogP contribution in [-0.2, 0) is 4.74 Å². The SMILES string of the molecule is COc1ccc([C@@H](NC(=O)NC2(C)CCOCC2)C(F)(F)F)cc1. The van der Waals surface area contributed by atoms with Crippen LogP contribution in [0.4, 0.5) is 18.0 Å². The lowest BCUT2D eigenvalue weighted by Crippen LogP contribution is -2.54. The summed E-state index contributed by atoms with van der Waals surface area (Å²) in [5.74, 6) is 0.443. The molecule has 0 saturated carbocycles. The van der Waals surface area contributed by atoms with Gasteiger partial charge in [-0.1, -0.05) is 12.1 Å². The lowest BCUT2D eigenvalue weighted by molar-refractivity contribution is -0.155. The molecule has 1 atom stereocenters. The monoisotopic (exact) mass is 346 g/mol. The first-order valence-electron chi connectivity index (χ1n) is 7.61. The maximum Gasteiger partial charge on any atom is 0.412 e. The van der Waals surface area contributed by atoms with Crippen LogP contribution in [0.15, 0.2) is 24.3 Å². The second-order valence-electron chi connectivity index (χ2n) is 6.02. The minimum atomic E-state index is -4.61. The summed E-state index contributed by atoms with van der Waals surface area (Å²) in [6.45, 7) is 2.74. The predicted octanol–water partition coefficient (Wildman–Crippen LogP) is 3.17. The normalized spacial score (nSPS) is 18.5. The third-order valence-corrected chi connectivity index (χ3v) is 4.06. The Morgan fingerprint density at radius 1 is 1.25 bits per heavy atom. The highest BCUT2D eigenvalue weighted by atomic mass is 19.4. The molecule has 0 bridgehead atoms. The number of hydrogen-bond donors (Lipinski definition) is 2. The molecule has 1 aromatic carbocycles. The Kier molecular flexibility index (Phi) is 5.58. The Bertz CT molecular complexity index is 555. The molecule has 2 N–H and O–H groups in total. The van der Waals surface area contributed by atoms with Crippen LogP contribution in [0, 0.1) is 0 Å². The van der Waals surface area contributed by atoms with Crippen LogP contribution in [-0.4, -0.2) is 38.1 Å². The molecule has 1 aliphatic heterocycles. The minimum absolute atomic E-state index is 0.0596. The van der Waals surface area contributed by atoms with Crippen molar-refractivity contribution in [2.45, 2.75) is 37.5 Å². The van der Waals surface area contributed by atoms with Crippen molar-refractivity contribution in [3.8, 4) is 5.75 Å². The van der Waals surface area contributed by atoms with Crippen LogP contribution in [0.3, 0.4) is 0 Å². The standard InChI is InChI=1S/C16H21F3N2O3/c1-15(7-9-24-10-8-15)21-14(22)20-13(16(17,18)19)11-3-5-12(23-2)6-4-11/h3-6,13H,7-10H2,1-2H3,(H2,20,21,22)/t13-/m1/s1. The molecule has 8 heteroatoms. The summed E-state index contributed by atoms with van der Waals surface area (Å²) in [6.07, 6.45) is -3.50.